The normalized spacial score (nSPS) is 12.1. The Balaban J connectivity index is 2.91. The Morgan fingerprint density at radius 2 is 1.94 bits per heavy atom. The van der Waals surface area contributed by atoms with E-state index in [1.54, 1.807) is 19.1 Å². The van der Waals surface area contributed by atoms with Crippen molar-refractivity contribution in [3.63, 3.8) is 0 Å². The maximum absolute atomic E-state index is 12.0. The topological polar surface area (TPSA) is 54.4 Å². The number of benzene rings is 1. The number of hydrogen-bond acceptors (Lipinski definition) is 2. The number of aliphatic carboxylic acids is 1. The number of carboxylic acids is 1. The summed E-state index contributed by atoms with van der Waals surface area (Å²) < 4.78 is 0. The number of ketones is 1. The van der Waals surface area contributed by atoms with Gasteiger partial charge >= 0.3 is 5.97 Å². The highest BCUT2D eigenvalue weighted by Crippen LogP contribution is 2.16. The molecule has 16 heavy (non-hydrogen) atoms. The smallest absolute Gasteiger partial charge is 0.304 e. The largest absolute Gasteiger partial charge is 0.481 e. The number of aryl methyl sites for hydroxylation is 1. The average Bonchev–Trinajstić information content (AvgIpc) is 2.27. The molecule has 1 aromatic rings. The van der Waals surface area contributed by atoms with Crippen molar-refractivity contribution >= 4 is 11.8 Å². The third kappa shape index (κ3) is 2.92. The lowest BCUT2D eigenvalue weighted by molar-refractivity contribution is -0.137. The van der Waals surface area contributed by atoms with Gasteiger partial charge in [-0.3, -0.25) is 9.59 Å². The van der Waals surface area contributed by atoms with Crippen LogP contribution in [-0.4, -0.2) is 16.9 Å². The predicted octanol–water partition coefficient (Wildman–Crippen LogP) is 2.54. The lowest BCUT2D eigenvalue weighted by atomic mass is 9.92. The number of rotatable bonds is 5. The zero-order valence-corrected chi connectivity index (χ0v) is 9.56. The summed E-state index contributed by atoms with van der Waals surface area (Å²) in [4.78, 5) is 22.5. The molecule has 0 aromatic heterocycles. The lowest BCUT2D eigenvalue weighted by Gasteiger charge is -2.11. The number of hydrogen-bond donors (Lipinski definition) is 1. The molecule has 1 aromatic carbocycles. The van der Waals surface area contributed by atoms with Gasteiger partial charge in [0.1, 0.15) is 0 Å². The minimum absolute atomic E-state index is 0.0835. The van der Waals surface area contributed by atoms with Crippen molar-refractivity contribution in [1.29, 1.82) is 0 Å². The Hall–Kier alpha value is -1.64. The second-order valence-electron chi connectivity index (χ2n) is 3.87. The molecule has 3 nitrogen and oxygen atoms in total. The second-order valence-corrected chi connectivity index (χ2v) is 3.87. The van der Waals surface area contributed by atoms with Crippen molar-refractivity contribution < 1.29 is 14.7 Å². The monoisotopic (exact) mass is 220 g/mol. The van der Waals surface area contributed by atoms with Gasteiger partial charge in [-0.1, -0.05) is 38.1 Å². The fourth-order valence-corrected chi connectivity index (χ4v) is 1.69. The van der Waals surface area contributed by atoms with Crippen LogP contribution in [0.5, 0.6) is 0 Å². The van der Waals surface area contributed by atoms with Crippen molar-refractivity contribution in [3.05, 3.63) is 35.4 Å². The molecule has 1 atom stereocenters. The lowest BCUT2D eigenvalue weighted by Crippen LogP contribution is -2.16. The average molecular weight is 220 g/mol. The van der Waals surface area contributed by atoms with Gasteiger partial charge in [0.2, 0.25) is 0 Å². The minimum atomic E-state index is -0.935. The first-order valence-corrected chi connectivity index (χ1v) is 5.40. The van der Waals surface area contributed by atoms with E-state index in [4.69, 9.17) is 5.11 Å². The Bertz CT molecular complexity index is 396. The standard InChI is InChI=1S/C13H16O3/c1-3-10-6-4-5-7-11(10)13(16)9(2)8-12(14)15/h4-7,9H,3,8H2,1-2H3,(H,14,15). The molecular formula is C13H16O3. The van der Waals surface area contributed by atoms with Crippen LogP contribution in [0.25, 0.3) is 0 Å². The highest BCUT2D eigenvalue weighted by molar-refractivity contribution is 6.00. The SMILES string of the molecule is CCc1ccccc1C(=O)C(C)CC(=O)O. The zero-order valence-electron chi connectivity index (χ0n) is 9.56. The van der Waals surface area contributed by atoms with Gasteiger partial charge < -0.3 is 5.11 Å². The van der Waals surface area contributed by atoms with Crippen LogP contribution in [0.2, 0.25) is 0 Å². The third-order valence-corrected chi connectivity index (χ3v) is 2.59. The molecule has 0 aliphatic heterocycles. The Morgan fingerprint density at radius 1 is 1.31 bits per heavy atom. The van der Waals surface area contributed by atoms with Crippen LogP contribution in [0.1, 0.15) is 36.2 Å². The summed E-state index contributed by atoms with van der Waals surface area (Å²) in [6, 6.07) is 7.36. The molecule has 0 aliphatic carbocycles. The molecule has 0 aliphatic rings. The van der Waals surface area contributed by atoms with Crippen molar-refractivity contribution in [1.82, 2.24) is 0 Å². The van der Waals surface area contributed by atoms with Crippen molar-refractivity contribution in [3.8, 4) is 0 Å². The molecule has 3 heteroatoms. The van der Waals surface area contributed by atoms with Gasteiger partial charge in [0.05, 0.1) is 6.42 Å². The van der Waals surface area contributed by atoms with Crippen LogP contribution in [0.3, 0.4) is 0 Å². The van der Waals surface area contributed by atoms with Gasteiger partial charge in [0.25, 0.3) is 0 Å². The van der Waals surface area contributed by atoms with Crippen molar-refractivity contribution in [2.45, 2.75) is 26.7 Å². The summed E-state index contributed by atoms with van der Waals surface area (Å²) in [5, 5.41) is 8.65. The first-order chi connectivity index (χ1) is 7.56. The molecule has 1 rings (SSSR count). The van der Waals surface area contributed by atoms with Crippen LogP contribution < -0.4 is 0 Å². The Labute approximate surface area is 95.1 Å². The number of carbonyl (C=O) groups is 2. The van der Waals surface area contributed by atoms with Crippen LogP contribution >= 0.6 is 0 Å². The zero-order chi connectivity index (χ0) is 12.1. The fraction of sp³-hybridized carbons (Fsp3) is 0.385. The molecule has 0 radical (unpaired) electrons. The van der Waals surface area contributed by atoms with E-state index in [-0.39, 0.29) is 12.2 Å². The third-order valence-electron chi connectivity index (χ3n) is 2.59. The number of carbonyl (C=O) groups excluding carboxylic acids is 1. The van der Waals surface area contributed by atoms with Gasteiger partial charge in [-0.05, 0) is 12.0 Å². The highest BCUT2D eigenvalue weighted by atomic mass is 16.4. The number of carboxylic acid groups (broad SMARTS) is 1. The van der Waals surface area contributed by atoms with E-state index in [1.807, 2.05) is 19.1 Å². The molecule has 1 N–H and O–H groups in total. The molecule has 0 bridgehead atoms. The van der Waals surface area contributed by atoms with Gasteiger partial charge in [0.15, 0.2) is 5.78 Å². The van der Waals surface area contributed by atoms with Crippen LogP contribution in [0.4, 0.5) is 0 Å². The highest BCUT2D eigenvalue weighted by Gasteiger charge is 2.19. The maximum atomic E-state index is 12.0. The van der Waals surface area contributed by atoms with E-state index < -0.39 is 11.9 Å². The van der Waals surface area contributed by atoms with Gasteiger partial charge in [-0.15, -0.1) is 0 Å². The molecule has 0 amide bonds. The van der Waals surface area contributed by atoms with E-state index in [2.05, 4.69) is 0 Å². The Morgan fingerprint density at radius 3 is 2.50 bits per heavy atom. The predicted molar refractivity (Wildman–Crippen MR) is 61.6 cm³/mol. The summed E-state index contributed by atoms with van der Waals surface area (Å²) in [6.07, 6.45) is 0.665. The van der Waals surface area contributed by atoms with Crippen molar-refractivity contribution in [2.75, 3.05) is 0 Å². The van der Waals surface area contributed by atoms with E-state index in [9.17, 15) is 9.59 Å². The van der Waals surface area contributed by atoms with Gasteiger partial charge in [-0.2, -0.15) is 0 Å². The molecule has 0 saturated carbocycles. The summed E-state index contributed by atoms with van der Waals surface area (Å²) in [5.41, 5.74) is 1.63. The van der Waals surface area contributed by atoms with E-state index >= 15 is 0 Å². The van der Waals surface area contributed by atoms with Crippen LogP contribution in [0, 0.1) is 5.92 Å². The first kappa shape index (κ1) is 12.4. The molecule has 0 fully saturated rings. The van der Waals surface area contributed by atoms with Gasteiger partial charge in [-0.25, -0.2) is 0 Å². The van der Waals surface area contributed by atoms with E-state index in [0.29, 0.717) is 5.56 Å². The van der Waals surface area contributed by atoms with E-state index in [1.165, 1.54) is 0 Å². The number of Topliss-reactive ketones (excluding diaryl/α,β-unsaturated/α-hetero) is 1. The quantitative estimate of drug-likeness (QED) is 0.776. The summed E-state index contributed by atoms with van der Waals surface area (Å²) in [7, 11) is 0. The first-order valence-electron chi connectivity index (χ1n) is 5.40. The minimum Gasteiger partial charge on any atom is -0.481 e. The van der Waals surface area contributed by atoms with E-state index in [0.717, 1.165) is 12.0 Å². The van der Waals surface area contributed by atoms with Crippen LogP contribution in [0.15, 0.2) is 24.3 Å². The van der Waals surface area contributed by atoms with Crippen LogP contribution in [-0.2, 0) is 11.2 Å². The summed E-state index contributed by atoms with van der Waals surface area (Å²) >= 11 is 0. The fourth-order valence-electron chi connectivity index (χ4n) is 1.69. The Kier molecular flexibility index (Phi) is 4.23. The summed E-state index contributed by atoms with van der Waals surface area (Å²) in [5.74, 6) is -1.49. The molecule has 0 spiro atoms. The maximum Gasteiger partial charge on any atom is 0.304 e. The molecule has 0 saturated heterocycles. The molecule has 86 valence electrons. The van der Waals surface area contributed by atoms with Gasteiger partial charge in [0, 0.05) is 11.5 Å². The molecule has 1 unspecified atom stereocenters. The molecule has 0 heterocycles. The molecular weight excluding hydrogens is 204 g/mol. The second kappa shape index (κ2) is 5.45. The van der Waals surface area contributed by atoms with Crippen molar-refractivity contribution in [2.24, 2.45) is 5.92 Å². The summed E-state index contributed by atoms with van der Waals surface area (Å²) in [6.45, 7) is 3.64.